The second-order valence-electron chi connectivity index (χ2n) is 5.07. The van der Waals surface area contributed by atoms with Crippen LogP contribution in [0.5, 0.6) is 0 Å². The van der Waals surface area contributed by atoms with E-state index in [1.807, 2.05) is 24.3 Å². The van der Waals surface area contributed by atoms with Gasteiger partial charge < -0.3 is 0 Å². The number of hydrogen-bond acceptors (Lipinski definition) is 4. The lowest BCUT2D eigenvalue weighted by atomic mass is 10.1. The summed E-state index contributed by atoms with van der Waals surface area (Å²) in [4.78, 5) is 4.52. The molecular formula is C18H16N4S. The topological polar surface area (TPSA) is 65.4 Å². The van der Waals surface area contributed by atoms with Crippen LogP contribution in [0.25, 0.3) is 11.4 Å². The number of hydrogen-bond donors (Lipinski definition) is 1. The van der Waals surface area contributed by atoms with E-state index >= 15 is 0 Å². The Bertz CT molecular complexity index is 831. The van der Waals surface area contributed by atoms with E-state index in [-0.39, 0.29) is 0 Å². The van der Waals surface area contributed by atoms with Gasteiger partial charge in [0.1, 0.15) is 0 Å². The van der Waals surface area contributed by atoms with Crippen molar-refractivity contribution in [3.05, 3.63) is 65.2 Å². The molecule has 2 aromatic carbocycles. The predicted octanol–water partition coefficient (Wildman–Crippen LogP) is 4.20. The quantitative estimate of drug-likeness (QED) is 0.716. The van der Waals surface area contributed by atoms with Crippen molar-refractivity contribution in [3.63, 3.8) is 0 Å². The van der Waals surface area contributed by atoms with Gasteiger partial charge in [-0.05, 0) is 23.6 Å². The van der Waals surface area contributed by atoms with Crippen LogP contribution in [0, 0.1) is 11.3 Å². The highest BCUT2D eigenvalue weighted by molar-refractivity contribution is 7.98. The predicted molar refractivity (Wildman–Crippen MR) is 91.9 cm³/mol. The number of benzene rings is 2. The molecule has 0 spiro atoms. The van der Waals surface area contributed by atoms with E-state index in [0.29, 0.717) is 16.5 Å². The molecule has 0 bridgehead atoms. The summed E-state index contributed by atoms with van der Waals surface area (Å²) in [7, 11) is 0. The minimum absolute atomic E-state index is 0.676. The molecule has 3 aromatic rings. The standard InChI is InChI=1S/C18H16N4S/c1-2-13-7-9-14(10-8-13)17-20-18(22-21-17)23-12-16-6-4-3-5-15(16)11-19/h3-10H,2,12H2,1H3,(H,20,21,22). The van der Waals surface area contributed by atoms with Gasteiger partial charge >= 0.3 is 0 Å². The van der Waals surface area contributed by atoms with Gasteiger partial charge in [-0.2, -0.15) is 5.26 Å². The molecular weight excluding hydrogens is 304 g/mol. The molecule has 1 heterocycles. The molecule has 0 aliphatic carbocycles. The van der Waals surface area contributed by atoms with E-state index in [9.17, 15) is 0 Å². The smallest absolute Gasteiger partial charge is 0.209 e. The molecule has 114 valence electrons. The molecule has 0 fully saturated rings. The maximum Gasteiger partial charge on any atom is 0.209 e. The number of rotatable bonds is 5. The Hall–Kier alpha value is -2.58. The van der Waals surface area contributed by atoms with E-state index in [1.165, 1.54) is 17.3 Å². The zero-order chi connectivity index (χ0) is 16.1. The molecule has 0 aliphatic heterocycles. The van der Waals surface area contributed by atoms with E-state index in [2.05, 4.69) is 52.4 Å². The van der Waals surface area contributed by atoms with Gasteiger partial charge in [0.05, 0.1) is 11.6 Å². The zero-order valence-electron chi connectivity index (χ0n) is 12.8. The first kappa shape index (κ1) is 15.3. The molecule has 0 radical (unpaired) electrons. The Kier molecular flexibility index (Phi) is 4.74. The average molecular weight is 320 g/mol. The van der Waals surface area contributed by atoms with Crippen LogP contribution in [0.4, 0.5) is 0 Å². The fourth-order valence-electron chi connectivity index (χ4n) is 2.24. The van der Waals surface area contributed by atoms with Crippen molar-refractivity contribution in [1.29, 1.82) is 5.26 Å². The average Bonchev–Trinajstić information content (AvgIpc) is 3.09. The van der Waals surface area contributed by atoms with Gasteiger partial charge in [0.2, 0.25) is 5.16 Å². The van der Waals surface area contributed by atoms with Crippen LogP contribution in [0.15, 0.2) is 53.7 Å². The van der Waals surface area contributed by atoms with Crippen molar-refractivity contribution >= 4 is 11.8 Å². The molecule has 0 unspecified atom stereocenters. The summed E-state index contributed by atoms with van der Waals surface area (Å²) in [5.41, 5.74) is 4.03. The van der Waals surface area contributed by atoms with Gasteiger partial charge in [-0.3, -0.25) is 5.10 Å². The fourth-order valence-corrected chi connectivity index (χ4v) is 3.04. The Morgan fingerprint density at radius 2 is 1.91 bits per heavy atom. The summed E-state index contributed by atoms with van der Waals surface area (Å²) in [6.45, 7) is 2.14. The second kappa shape index (κ2) is 7.12. The summed E-state index contributed by atoms with van der Waals surface area (Å²) in [6, 6.07) is 18.1. The van der Waals surface area contributed by atoms with Crippen LogP contribution < -0.4 is 0 Å². The normalized spacial score (nSPS) is 10.4. The van der Waals surface area contributed by atoms with E-state index in [1.54, 1.807) is 0 Å². The lowest BCUT2D eigenvalue weighted by Gasteiger charge is -2.00. The molecule has 4 nitrogen and oxygen atoms in total. The molecule has 1 N–H and O–H groups in total. The van der Waals surface area contributed by atoms with Crippen LogP contribution >= 0.6 is 11.8 Å². The van der Waals surface area contributed by atoms with Crippen LogP contribution in [0.3, 0.4) is 0 Å². The SMILES string of the molecule is CCc1ccc(-c2nc(SCc3ccccc3C#N)n[nH]2)cc1. The van der Waals surface area contributed by atoms with Gasteiger partial charge in [0.15, 0.2) is 5.82 Å². The van der Waals surface area contributed by atoms with Crippen molar-refractivity contribution in [3.8, 4) is 17.5 Å². The second-order valence-corrected chi connectivity index (χ2v) is 6.02. The molecule has 0 aliphatic rings. The number of nitrogens with one attached hydrogen (secondary N) is 1. The van der Waals surface area contributed by atoms with E-state index in [4.69, 9.17) is 5.26 Å². The third-order valence-corrected chi connectivity index (χ3v) is 4.49. The largest absolute Gasteiger partial charge is 0.258 e. The monoisotopic (exact) mass is 320 g/mol. The number of thioether (sulfide) groups is 1. The first-order valence-corrected chi connectivity index (χ1v) is 8.41. The molecule has 0 saturated carbocycles. The van der Waals surface area contributed by atoms with Crippen molar-refractivity contribution in [2.75, 3.05) is 0 Å². The van der Waals surface area contributed by atoms with Gasteiger partial charge in [-0.15, -0.1) is 5.10 Å². The highest BCUT2D eigenvalue weighted by Gasteiger charge is 2.08. The lowest BCUT2D eigenvalue weighted by Crippen LogP contribution is -1.87. The number of nitrogens with zero attached hydrogens (tertiary/aromatic N) is 3. The first-order valence-electron chi connectivity index (χ1n) is 7.42. The summed E-state index contributed by atoms with van der Waals surface area (Å²) < 4.78 is 0. The Morgan fingerprint density at radius 1 is 1.13 bits per heavy atom. The molecule has 0 atom stereocenters. The summed E-state index contributed by atoms with van der Waals surface area (Å²) >= 11 is 1.52. The van der Waals surface area contributed by atoms with Gasteiger partial charge in [-0.25, -0.2) is 4.98 Å². The summed E-state index contributed by atoms with van der Waals surface area (Å²) in [5, 5.41) is 17.0. The summed E-state index contributed by atoms with van der Waals surface area (Å²) in [5.74, 6) is 1.44. The number of aryl methyl sites for hydroxylation is 1. The Balaban J connectivity index is 1.71. The van der Waals surface area contributed by atoms with Crippen molar-refractivity contribution in [2.45, 2.75) is 24.3 Å². The number of nitriles is 1. The molecule has 1 aromatic heterocycles. The van der Waals surface area contributed by atoms with E-state index < -0.39 is 0 Å². The first-order chi connectivity index (χ1) is 11.3. The summed E-state index contributed by atoms with van der Waals surface area (Å²) in [6.07, 6.45) is 1.02. The van der Waals surface area contributed by atoms with Crippen LogP contribution in [-0.4, -0.2) is 15.2 Å². The number of H-pyrrole nitrogens is 1. The van der Waals surface area contributed by atoms with Gasteiger partial charge in [-0.1, -0.05) is 61.2 Å². The maximum absolute atomic E-state index is 9.11. The number of aromatic amines is 1. The fraction of sp³-hybridized carbons (Fsp3) is 0.167. The van der Waals surface area contributed by atoms with Crippen molar-refractivity contribution in [2.24, 2.45) is 0 Å². The van der Waals surface area contributed by atoms with Crippen LogP contribution in [0.2, 0.25) is 0 Å². The Morgan fingerprint density at radius 3 is 2.65 bits per heavy atom. The van der Waals surface area contributed by atoms with Gasteiger partial charge in [0.25, 0.3) is 0 Å². The molecule has 3 rings (SSSR count). The molecule has 23 heavy (non-hydrogen) atoms. The third kappa shape index (κ3) is 3.61. The van der Waals surface area contributed by atoms with Crippen molar-refractivity contribution < 1.29 is 0 Å². The third-order valence-electron chi connectivity index (χ3n) is 3.60. The molecule has 0 saturated heterocycles. The highest BCUT2D eigenvalue weighted by atomic mass is 32.2. The Labute approximate surface area is 139 Å². The highest BCUT2D eigenvalue weighted by Crippen LogP contribution is 2.24. The number of aromatic nitrogens is 3. The van der Waals surface area contributed by atoms with E-state index in [0.717, 1.165) is 23.4 Å². The van der Waals surface area contributed by atoms with Crippen LogP contribution in [-0.2, 0) is 12.2 Å². The molecule has 0 amide bonds. The van der Waals surface area contributed by atoms with Crippen molar-refractivity contribution in [1.82, 2.24) is 15.2 Å². The minimum atomic E-state index is 0.676. The lowest BCUT2D eigenvalue weighted by molar-refractivity contribution is 0.973. The minimum Gasteiger partial charge on any atom is -0.258 e. The van der Waals surface area contributed by atoms with Gasteiger partial charge in [0, 0.05) is 11.3 Å². The zero-order valence-corrected chi connectivity index (χ0v) is 13.6. The maximum atomic E-state index is 9.11. The molecule has 5 heteroatoms. The van der Waals surface area contributed by atoms with Crippen LogP contribution in [0.1, 0.15) is 23.6 Å².